The molecule has 1 amide bonds. The van der Waals surface area contributed by atoms with E-state index in [2.05, 4.69) is 4.98 Å². The van der Waals surface area contributed by atoms with Crippen LogP contribution < -0.4 is 20.1 Å². The zero-order chi connectivity index (χ0) is 25.8. The lowest BCUT2D eigenvalue weighted by Gasteiger charge is -2.18. The van der Waals surface area contributed by atoms with Crippen molar-refractivity contribution in [1.29, 1.82) is 0 Å². The van der Waals surface area contributed by atoms with Gasteiger partial charge in [0.1, 0.15) is 17.2 Å². The van der Waals surface area contributed by atoms with Crippen molar-refractivity contribution in [3.8, 4) is 11.5 Å². The number of benzene rings is 3. The van der Waals surface area contributed by atoms with Crippen molar-refractivity contribution < 1.29 is 14.3 Å². The van der Waals surface area contributed by atoms with Crippen LogP contribution in [0, 0.1) is 0 Å². The lowest BCUT2D eigenvalue weighted by atomic mass is 10.2. The number of hydrogen-bond donors (Lipinski definition) is 1. The summed E-state index contributed by atoms with van der Waals surface area (Å²) in [6.07, 6.45) is 2.50. The number of amides is 1. The normalized spacial score (nSPS) is 14.4. The van der Waals surface area contributed by atoms with E-state index in [9.17, 15) is 9.59 Å². The molecule has 9 heteroatoms. The van der Waals surface area contributed by atoms with Crippen molar-refractivity contribution in [3.05, 3.63) is 94.5 Å². The van der Waals surface area contributed by atoms with Gasteiger partial charge in [0.05, 0.1) is 30.9 Å². The average molecular weight is 515 g/mol. The molecule has 5 rings (SSSR count). The largest absolute Gasteiger partial charge is 0.497 e. The van der Waals surface area contributed by atoms with E-state index in [1.54, 1.807) is 29.8 Å². The average Bonchev–Trinajstić information content (AvgIpc) is 3.42. The van der Waals surface area contributed by atoms with Crippen LogP contribution in [0.3, 0.4) is 0 Å². The molecule has 0 aliphatic carbocycles. The number of aromatic nitrogens is 2. The molecular weight excluding hydrogens is 488 g/mol. The zero-order valence-corrected chi connectivity index (χ0v) is 21.3. The number of carbonyl (C=O) groups excluding carboxylic acids is 1. The van der Waals surface area contributed by atoms with E-state index in [4.69, 9.17) is 14.5 Å². The standard InChI is InChI=1S/C28H26N4O4S/c1-35-21-13-11-19(12-14-21)17-24-26(33)32(20-7-5-8-22(18-20)36-2)28(30-24)37-16-6-15-31-25-10-4-3-9-23(25)29-27(31)34/h3-5,7-14,17-18H,6,15-16H2,1-2H3,(H,29,34)/b24-17-. The van der Waals surface area contributed by atoms with Gasteiger partial charge in [-0.15, -0.1) is 0 Å². The summed E-state index contributed by atoms with van der Waals surface area (Å²) in [6, 6.07) is 22.5. The Morgan fingerprint density at radius 3 is 2.51 bits per heavy atom. The number of aryl methyl sites for hydroxylation is 1. The molecule has 4 aromatic rings. The highest BCUT2D eigenvalue weighted by Gasteiger charge is 2.32. The maximum absolute atomic E-state index is 13.5. The molecule has 3 aromatic carbocycles. The van der Waals surface area contributed by atoms with E-state index in [1.165, 1.54) is 11.8 Å². The Kier molecular flexibility index (Phi) is 7.14. The lowest BCUT2D eigenvalue weighted by molar-refractivity contribution is -0.113. The highest BCUT2D eigenvalue weighted by atomic mass is 32.2. The molecule has 0 radical (unpaired) electrons. The minimum atomic E-state index is -0.209. The number of nitrogens with one attached hydrogen (secondary N) is 1. The third kappa shape index (κ3) is 5.17. The minimum absolute atomic E-state index is 0.123. The molecule has 2 heterocycles. The number of carbonyl (C=O) groups is 1. The number of fused-ring (bicyclic) bond motifs is 1. The number of rotatable bonds is 8. The Morgan fingerprint density at radius 1 is 0.946 bits per heavy atom. The fourth-order valence-electron chi connectivity index (χ4n) is 4.14. The molecule has 1 N–H and O–H groups in total. The number of nitrogens with zero attached hydrogens (tertiary/aromatic N) is 3. The Hall–Kier alpha value is -4.24. The number of methoxy groups -OCH3 is 2. The Balaban J connectivity index is 1.37. The first-order chi connectivity index (χ1) is 18.1. The summed E-state index contributed by atoms with van der Waals surface area (Å²) in [5, 5.41) is 0.587. The third-order valence-corrected chi connectivity index (χ3v) is 7.02. The molecule has 8 nitrogen and oxygen atoms in total. The molecule has 188 valence electrons. The fraction of sp³-hybridized carbons (Fsp3) is 0.179. The summed E-state index contributed by atoms with van der Waals surface area (Å²) in [5.41, 5.74) is 3.47. The van der Waals surface area contributed by atoms with Crippen LogP contribution in [-0.2, 0) is 11.3 Å². The number of amidine groups is 1. The topological polar surface area (TPSA) is 88.9 Å². The molecule has 0 fully saturated rings. The molecule has 1 aliphatic rings. The number of thioether (sulfide) groups is 1. The van der Waals surface area contributed by atoms with E-state index >= 15 is 0 Å². The van der Waals surface area contributed by atoms with Gasteiger partial charge in [-0.05, 0) is 54.5 Å². The molecule has 37 heavy (non-hydrogen) atoms. The van der Waals surface area contributed by atoms with E-state index < -0.39 is 0 Å². The number of para-hydroxylation sites is 2. The van der Waals surface area contributed by atoms with Gasteiger partial charge in [-0.25, -0.2) is 9.79 Å². The quantitative estimate of drug-likeness (QED) is 0.267. The van der Waals surface area contributed by atoms with Gasteiger partial charge in [0.25, 0.3) is 5.91 Å². The van der Waals surface area contributed by atoms with Gasteiger partial charge >= 0.3 is 5.69 Å². The van der Waals surface area contributed by atoms with Gasteiger partial charge in [0.15, 0.2) is 5.17 Å². The molecule has 0 saturated carbocycles. The maximum atomic E-state index is 13.5. The molecular formula is C28H26N4O4S. The molecule has 0 unspecified atom stereocenters. The maximum Gasteiger partial charge on any atom is 0.326 e. The number of aliphatic imine (C=N–C) groups is 1. The minimum Gasteiger partial charge on any atom is -0.497 e. The Labute approximate surface area is 218 Å². The predicted octanol–water partition coefficient (Wildman–Crippen LogP) is 4.91. The number of anilines is 1. The van der Waals surface area contributed by atoms with Crippen molar-refractivity contribution in [2.75, 3.05) is 24.9 Å². The summed E-state index contributed by atoms with van der Waals surface area (Å²) < 4.78 is 12.3. The zero-order valence-electron chi connectivity index (χ0n) is 20.5. The van der Waals surface area contributed by atoms with Gasteiger partial charge in [-0.3, -0.25) is 14.3 Å². The SMILES string of the molecule is COc1ccc(/C=C2\N=C(SCCCn3c(=O)[nH]c4ccccc43)N(c3cccc(OC)c3)C2=O)cc1. The van der Waals surface area contributed by atoms with Crippen LogP contribution in [0.5, 0.6) is 11.5 Å². The van der Waals surface area contributed by atoms with Gasteiger partial charge in [0, 0.05) is 18.4 Å². The first-order valence-electron chi connectivity index (χ1n) is 11.8. The highest BCUT2D eigenvalue weighted by Crippen LogP contribution is 2.32. The van der Waals surface area contributed by atoms with Gasteiger partial charge in [-0.1, -0.05) is 42.1 Å². The van der Waals surface area contributed by atoms with E-state index in [0.717, 1.165) is 28.8 Å². The second-order valence-electron chi connectivity index (χ2n) is 8.34. The van der Waals surface area contributed by atoms with Crippen molar-refractivity contribution in [3.63, 3.8) is 0 Å². The molecule has 1 aromatic heterocycles. The van der Waals surface area contributed by atoms with Gasteiger partial charge in [-0.2, -0.15) is 0 Å². The first-order valence-corrected chi connectivity index (χ1v) is 12.8. The van der Waals surface area contributed by atoms with Crippen LogP contribution in [0.1, 0.15) is 12.0 Å². The molecule has 1 aliphatic heterocycles. The molecule has 0 saturated heterocycles. The second kappa shape index (κ2) is 10.8. The van der Waals surface area contributed by atoms with Crippen LogP contribution in [0.2, 0.25) is 0 Å². The number of imidazole rings is 1. The smallest absolute Gasteiger partial charge is 0.326 e. The number of ether oxygens (including phenoxy) is 2. The van der Waals surface area contributed by atoms with Crippen molar-refractivity contribution in [1.82, 2.24) is 9.55 Å². The van der Waals surface area contributed by atoms with Crippen LogP contribution in [-0.4, -0.2) is 40.6 Å². The number of H-pyrrole nitrogens is 1. The highest BCUT2D eigenvalue weighted by molar-refractivity contribution is 8.14. The third-order valence-electron chi connectivity index (χ3n) is 6.00. The molecule has 0 spiro atoms. The van der Waals surface area contributed by atoms with Crippen LogP contribution in [0.4, 0.5) is 5.69 Å². The lowest BCUT2D eigenvalue weighted by Crippen LogP contribution is -2.30. The fourth-order valence-corrected chi connectivity index (χ4v) is 5.08. The molecule has 0 atom stereocenters. The van der Waals surface area contributed by atoms with Crippen molar-refractivity contribution >= 4 is 45.6 Å². The van der Waals surface area contributed by atoms with Gasteiger partial charge < -0.3 is 14.5 Å². The summed E-state index contributed by atoms with van der Waals surface area (Å²) in [6.45, 7) is 0.560. The van der Waals surface area contributed by atoms with Crippen molar-refractivity contribution in [2.45, 2.75) is 13.0 Å². The van der Waals surface area contributed by atoms with Crippen LogP contribution in [0.25, 0.3) is 17.1 Å². The van der Waals surface area contributed by atoms with Crippen LogP contribution in [0.15, 0.2) is 88.3 Å². The summed E-state index contributed by atoms with van der Waals surface area (Å²) in [5.74, 6) is 1.86. The monoisotopic (exact) mass is 514 g/mol. The van der Waals surface area contributed by atoms with E-state index in [0.29, 0.717) is 34.6 Å². The predicted molar refractivity (Wildman–Crippen MR) is 149 cm³/mol. The summed E-state index contributed by atoms with van der Waals surface area (Å²) in [7, 11) is 3.21. The van der Waals surface area contributed by atoms with Gasteiger partial charge in [0.2, 0.25) is 0 Å². The first kappa shape index (κ1) is 24.5. The van der Waals surface area contributed by atoms with Crippen LogP contribution >= 0.6 is 11.8 Å². The van der Waals surface area contributed by atoms with E-state index in [-0.39, 0.29) is 11.6 Å². The Bertz CT molecular complexity index is 1550. The van der Waals surface area contributed by atoms with E-state index in [1.807, 2.05) is 72.8 Å². The summed E-state index contributed by atoms with van der Waals surface area (Å²) >= 11 is 1.49. The second-order valence-corrected chi connectivity index (χ2v) is 9.40. The Morgan fingerprint density at radius 2 is 1.73 bits per heavy atom. The van der Waals surface area contributed by atoms with Crippen molar-refractivity contribution in [2.24, 2.45) is 4.99 Å². The molecule has 0 bridgehead atoms. The number of aromatic amines is 1. The summed E-state index contributed by atoms with van der Waals surface area (Å²) in [4.78, 5) is 35.0. The number of hydrogen-bond acceptors (Lipinski definition) is 6.